The van der Waals surface area contributed by atoms with Crippen LogP contribution in [0.5, 0.6) is 0 Å². The highest BCUT2D eigenvalue weighted by Gasteiger charge is 2.22. The van der Waals surface area contributed by atoms with Crippen molar-refractivity contribution in [2.24, 2.45) is 5.92 Å². The molecule has 1 saturated heterocycles. The number of nitrogens with one attached hydrogen (secondary N) is 1. The number of anilines is 1. The van der Waals surface area contributed by atoms with Crippen molar-refractivity contribution in [1.29, 1.82) is 0 Å². The predicted octanol–water partition coefficient (Wildman–Crippen LogP) is 1.14. The van der Waals surface area contributed by atoms with Crippen LogP contribution < -0.4 is 5.32 Å². The molecule has 0 spiro atoms. The van der Waals surface area contributed by atoms with Gasteiger partial charge in [0.25, 0.3) is 0 Å². The molecule has 18 heavy (non-hydrogen) atoms. The molecule has 98 valence electrons. The van der Waals surface area contributed by atoms with Crippen molar-refractivity contribution in [3.63, 3.8) is 0 Å². The third kappa shape index (κ3) is 3.51. The maximum absolute atomic E-state index is 11.9. The monoisotopic (exact) mass is 270 g/mol. The maximum atomic E-state index is 11.9. The minimum atomic E-state index is -0.932. The van der Waals surface area contributed by atoms with E-state index in [2.05, 4.69) is 10.3 Å². The number of carbonyl (C=O) groups is 2. The highest BCUT2D eigenvalue weighted by Crippen LogP contribution is 2.19. The van der Waals surface area contributed by atoms with Crippen LogP contribution in [0, 0.1) is 5.92 Å². The van der Waals surface area contributed by atoms with Crippen LogP contribution in [-0.4, -0.2) is 35.2 Å². The molecule has 2 rings (SSSR count). The summed E-state index contributed by atoms with van der Waals surface area (Å²) < 4.78 is 5.24. The first-order chi connectivity index (χ1) is 8.65. The Bertz CT molecular complexity index is 440. The standard InChI is InChI=1S/C11H14N2O4S/c14-9(15)4-8-6-18-11(12-8)13-10(16)7-2-1-3-17-5-7/h6-7H,1-5H2,(H,14,15)(H,12,13,16). The van der Waals surface area contributed by atoms with Gasteiger partial charge in [-0.25, -0.2) is 4.98 Å². The van der Waals surface area contributed by atoms with Crippen LogP contribution in [-0.2, 0) is 20.7 Å². The summed E-state index contributed by atoms with van der Waals surface area (Å²) in [6.45, 7) is 1.16. The highest BCUT2D eigenvalue weighted by molar-refractivity contribution is 7.13. The molecule has 0 saturated carbocycles. The van der Waals surface area contributed by atoms with E-state index in [4.69, 9.17) is 9.84 Å². The number of aromatic nitrogens is 1. The molecule has 1 aromatic rings. The Kier molecular flexibility index (Phi) is 4.27. The molecule has 1 aliphatic heterocycles. The van der Waals surface area contributed by atoms with Crippen molar-refractivity contribution in [3.8, 4) is 0 Å². The van der Waals surface area contributed by atoms with E-state index in [1.54, 1.807) is 5.38 Å². The van der Waals surface area contributed by atoms with Crippen LogP contribution in [0.1, 0.15) is 18.5 Å². The van der Waals surface area contributed by atoms with Crippen molar-refractivity contribution in [1.82, 2.24) is 4.98 Å². The van der Waals surface area contributed by atoms with Crippen LogP contribution in [0.2, 0.25) is 0 Å². The fourth-order valence-electron chi connectivity index (χ4n) is 1.76. The van der Waals surface area contributed by atoms with Crippen molar-refractivity contribution in [2.45, 2.75) is 19.3 Å². The number of hydrogen-bond donors (Lipinski definition) is 2. The second-order valence-electron chi connectivity index (χ2n) is 4.12. The second kappa shape index (κ2) is 5.92. The number of thiazole rings is 1. The second-order valence-corrected chi connectivity index (χ2v) is 4.98. The lowest BCUT2D eigenvalue weighted by Crippen LogP contribution is -2.30. The summed E-state index contributed by atoms with van der Waals surface area (Å²) in [5, 5.41) is 13.4. The number of carboxylic acid groups (broad SMARTS) is 1. The van der Waals surface area contributed by atoms with Gasteiger partial charge in [0.15, 0.2) is 5.13 Å². The number of hydrogen-bond acceptors (Lipinski definition) is 5. The summed E-state index contributed by atoms with van der Waals surface area (Å²) in [5.41, 5.74) is 0.461. The Balaban J connectivity index is 1.90. The summed E-state index contributed by atoms with van der Waals surface area (Å²) >= 11 is 1.24. The zero-order valence-corrected chi connectivity index (χ0v) is 10.5. The van der Waals surface area contributed by atoms with Gasteiger partial charge in [-0.05, 0) is 12.8 Å². The van der Waals surface area contributed by atoms with Gasteiger partial charge in [0.05, 0.1) is 24.6 Å². The van der Waals surface area contributed by atoms with Gasteiger partial charge in [-0.2, -0.15) is 0 Å². The van der Waals surface area contributed by atoms with Crippen LogP contribution in [0.25, 0.3) is 0 Å². The largest absolute Gasteiger partial charge is 0.481 e. The van der Waals surface area contributed by atoms with Gasteiger partial charge in [0, 0.05) is 12.0 Å². The number of nitrogens with zero attached hydrogens (tertiary/aromatic N) is 1. The molecular weight excluding hydrogens is 256 g/mol. The Morgan fingerprint density at radius 3 is 3.11 bits per heavy atom. The molecule has 1 amide bonds. The first-order valence-corrected chi connectivity index (χ1v) is 6.58. The van der Waals surface area contributed by atoms with Crippen molar-refractivity contribution < 1.29 is 19.4 Å². The molecule has 1 aliphatic rings. The lowest BCUT2D eigenvalue weighted by molar-refractivity contribution is -0.136. The molecule has 0 aromatic carbocycles. The molecule has 1 fully saturated rings. The summed E-state index contributed by atoms with van der Waals surface area (Å²) in [4.78, 5) is 26.4. The minimum absolute atomic E-state index is 0.106. The molecule has 2 N–H and O–H groups in total. The van der Waals surface area contributed by atoms with E-state index in [0.717, 1.165) is 12.8 Å². The van der Waals surface area contributed by atoms with Crippen LogP contribution in [0.3, 0.4) is 0 Å². The lowest BCUT2D eigenvalue weighted by Gasteiger charge is -2.20. The van der Waals surface area contributed by atoms with E-state index in [-0.39, 0.29) is 18.2 Å². The third-order valence-corrected chi connectivity index (χ3v) is 3.45. The van der Waals surface area contributed by atoms with E-state index in [0.29, 0.717) is 24.0 Å². The minimum Gasteiger partial charge on any atom is -0.481 e. The normalized spacial score (nSPS) is 19.4. The summed E-state index contributed by atoms with van der Waals surface area (Å²) in [6.07, 6.45) is 1.58. The first kappa shape index (κ1) is 13.0. The SMILES string of the molecule is O=C(O)Cc1csc(NC(=O)C2CCCOC2)n1. The van der Waals surface area contributed by atoms with E-state index in [1.165, 1.54) is 11.3 Å². The summed E-state index contributed by atoms with van der Waals surface area (Å²) in [5.74, 6) is -1.17. The molecule has 0 bridgehead atoms. The van der Waals surface area contributed by atoms with Crippen LogP contribution in [0.4, 0.5) is 5.13 Å². The van der Waals surface area contributed by atoms with Crippen LogP contribution in [0.15, 0.2) is 5.38 Å². The van der Waals surface area contributed by atoms with Crippen LogP contribution >= 0.6 is 11.3 Å². The van der Waals surface area contributed by atoms with Crippen molar-refractivity contribution in [3.05, 3.63) is 11.1 Å². The molecule has 1 unspecified atom stereocenters. The Morgan fingerprint density at radius 1 is 1.61 bits per heavy atom. The van der Waals surface area contributed by atoms with Gasteiger partial charge in [-0.3, -0.25) is 9.59 Å². The first-order valence-electron chi connectivity index (χ1n) is 5.70. The maximum Gasteiger partial charge on any atom is 0.309 e. The molecule has 0 radical (unpaired) electrons. The average Bonchev–Trinajstić information content (AvgIpc) is 2.76. The lowest BCUT2D eigenvalue weighted by atomic mass is 10.0. The van der Waals surface area contributed by atoms with Gasteiger partial charge in [-0.1, -0.05) is 0 Å². The van der Waals surface area contributed by atoms with E-state index in [9.17, 15) is 9.59 Å². The number of ether oxygens (including phenoxy) is 1. The zero-order valence-electron chi connectivity index (χ0n) is 9.72. The van der Waals surface area contributed by atoms with E-state index < -0.39 is 5.97 Å². The van der Waals surface area contributed by atoms with Crippen molar-refractivity contribution >= 4 is 28.3 Å². The number of carboxylic acids is 1. The zero-order chi connectivity index (χ0) is 13.0. The van der Waals surface area contributed by atoms with E-state index in [1.807, 2.05) is 0 Å². The molecule has 6 nitrogen and oxygen atoms in total. The topological polar surface area (TPSA) is 88.5 Å². The van der Waals surface area contributed by atoms with Crippen molar-refractivity contribution in [2.75, 3.05) is 18.5 Å². The average molecular weight is 270 g/mol. The summed E-state index contributed by atoms with van der Waals surface area (Å²) in [6, 6.07) is 0. The van der Waals surface area contributed by atoms with Gasteiger partial charge in [0.1, 0.15) is 0 Å². The third-order valence-electron chi connectivity index (χ3n) is 2.65. The number of carbonyl (C=O) groups excluding carboxylic acids is 1. The Hall–Kier alpha value is -1.47. The van der Waals surface area contributed by atoms with Gasteiger partial charge in [-0.15, -0.1) is 11.3 Å². The number of aliphatic carboxylic acids is 1. The summed E-state index contributed by atoms with van der Waals surface area (Å²) in [7, 11) is 0. The number of amides is 1. The Labute approximate surface area is 108 Å². The fraction of sp³-hybridized carbons (Fsp3) is 0.545. The molecule has 7 heteroatoms. The molecule has 0 aliphatic carbocycles. The molecule has 1 aromatic heterocycles. The molecular formula is C11H14N2O4S. The van der Waals surface area contributed by atoms with Gasteiger partial charge in [0.2, 0.25) is 5.91 Å². The molecule has 1 atom stereocenters. The smallest absolute Gasteiger partial charge is 0.309 e. The van der Waals surface area contributed by atoms with Gasteiger partial charge >= 0.3 is 5.97 Å². The highest BCUT2D eigenvalue weighted by atomic mass is 32.1. The fourth-order valence-corrected chi connectivity index (χ4v) is 2.47. The quantitative estimate of drug-likeness (QED) is 0.856. The van der Waals surface area contributed by atoms with E-state index >= 15 is 0 Å². The number of rotatable bonds is 4. The molecule has 2 heterocycles. The van der Waals surface area contributed by atoms with Gasteiger partial charge < -0.3 is 15.2 Å². The Morgan fingerprint density at radius 2 is 2.44 bits per heavy atom. The predicted molar refractivity (Wildman–Crippen MR) is 65.6 cm³/mol.